The molecule has 6 heteroatoms. The lowest BCUT2D eigenvalue weighted by atomic mass is 10.1. The maximum absolute atomic E-state index is 9.48. The molecule has 23 heavy (non-hydrogen) atoms. The molecule has 3 heterocycles. The van der Waals surface area contributed by atoms with Gasteiger partial charge in [-0.3, -0.25) is 4.40 Å². The summed E-state index contributed by atoms with van der Waals surface area (Å²) in [7, 11) is 0. The van der Waals surface area contributed by atoms with Crippen molar-refractivity contribution >= 4 is 33.8 Å². The zero-order chi connectivity index (χ0) is 15.8. The number of rotatable bonds is 3. The fourth-order valence-corrected chi connectivity index (χ4v) is 3.29. The number of nitrogens with zero attached hydrogens (tertiary/aromatic N) is 4. The Hall–Kier alpha value is -2.91. The van der Waals surface area contributed by atoms with Crippen molar-refractivity contribution in [3.63, 3.8) is 0 Å². The third-order valence-corrected chi connectivity index (χ3v) is 4.45. The molecule has 0 aliphatic heterocycles. The van der Waals surface area contributed by atoms with Crippen LogP contribution in [-0.2, 0) is 6.54 Å². The van der Waals surface area contributed by atoms with E-state index in [2.05, 4.69) is 21.4 Å². The lowest BCUT2D eigenvalue weighted by Crippen LogP contribution is -2.06. The number of aryl methyl sites for hydroxylation is 1. The fraction of sp³-hybridized carbons (Fsp3) is 0.118. The fourth-order valence-electron chi connectivity index (χ4n) is 2.73. The van der Waals surface area contributed by atoms with Crippen LogP contribution in [0.4, 0.5) is 5.82 Å². The Morgan fingerprint density at radius 1 is 1.35 bits per heavy atom. The van der Waals surface area contributed by atoms with E-state index in [0.717, 1.165) is 28.1 Å². The Morgan fingerprint density at radius 2 is 2.22 bits per heavy atom. The van der Waals surface area contributed by atoms with E-state index >= 15 is 0 Å². The van der Waals surface area contributed by atoms with Crippen LogP contribution in [0, 0.1) is 18.3 Å². The third kappa shape index (κ3) is 2.22. The summed E-state index contributed by atoms with van der Waals surface area (Å²) >= 11 is 1.58. The number of aromatic nitrogens is 3. The molecule has 5 nitrogen and oxygen atoms in total. The first kappa shape index (κ1) is 13.7. The summed E-state index contributed by atoms with van der Waals surface area (Å²) in [6, 6.07) is 12.2. The normalized spacial score (nSPS) is 11.0. The molecule has 0 radical (unpaired) electrons. The molecule has 1 N–H and O–H groups in total. The Bertz CT molecular complexity index is 1040. The van der Waals surface area contributed by atoms with Crippen molar-refractivity contribution in [1.82, 2.24) is 14.4 Å². The first-order chi connectivity index (χ1) is 11.3. The summed E-state index contributed by atoms with van der Waals surface area (Å²) in [6.07, 6.45) is 0. The molecular formula is C17H13N5S. The van der Waals surface area contributed by atoms with Crippen molar-refractivity contribution in [3.8, 4) is 6.07 Å². The molecule has 3 aromatic heterocycles. The van der Waals surface area contributed by atoms with Gasteiger partial charge in [0.2, 0.25) is 0 Å². The number of nitriles is 1. The van der Waals surface area contributed by atoms with Gasteiger partial charge in [-0.05, 0) is 30.7 Å². The molecule has 0 fully saturated rings. The van der Waals surface area contributed by atoms with Gasteiger partial charge >= 0.3 is 0 Å². The molecule has 0 aliphatic carbocycles. The van der Waals surface area contributed by atoms with Crippen LogP contribution in [0.5, 0.6) is 0 Å². The van der Waals surface area contributed by atoms with Gasteiger partial charge in [-0.15, -0.1) is 11.3 Å². The summed E-state index contributed by atoms with van der Waals surface area (Å²) in [4.78, 5) is 8.94. The minimum absolute atomic E-state index is 0.611. The predicted octanol–water partition coefficient (Wildman–Crippen LogP) is 3.74. The highest BCUT2D eigenvalue weighted by atomic mass is 32.1. The van der Waals surface area contributed by atoms with Gasteiger partial charge in [0.05, 0.1) is 34.3 Å². The van der Waals surface area contributed by atoms with E-state index in [0.29, 0.717) is 17.8 Å². The Kier molecular flexibility index (Phi) is 3.21. The van der Waals surface area contributed by atoms with Crippen LogP contribution in [0.2, 0.25) is 0 Å². The largest absolute Gasteiger partial charge is 0.365 e. The van der Waals surface area contributed by atoms with Gasteiger partial charge in [-0.25, -0.2) is 9.97 Å². The smallest absolute Gasteiger partial charge is 0.157 e. The third-order valence-electron chi connectivity index (χ3n) is 3.82. The van der Waals surface area contributed by atoms with Crippen LogP contribution < -0.4 is 5.32 Å². The number of fused-ring (bicyclic) bond motifs is 3. The summed E-state index contributed by atoms with van der Waals surface area (Å²) < 4.78 is 2.01. The molecule has 1 aromatic carbocycles. The summed E-state index contributed by atoms with van der Waals surface area (Å²) in [5.74, 6) is 0.915. The van der Waals surface area contributed by atoms with Crippen molar-refractivity contribution < 1.29 is 0 Å². The first-order valence-corrected chi connectivity index (χ1v) is 8.14. The monoisotopic (exact) mass is 319 g/mol. The molecule has 0 amide bonds. The minimum atomic E-state index is 0.611. The lowest BCUT2D eigenvalue weighted by molar-refractivity contribution is 1.04. The predicted molar refractivity (Wildman–Crippen MR) is 91.6 cm³/mol. The standard InChI is InChI=1S/C17H13N5S/c1-11-6-16(19-8-12-9-23-10-20-12)22-15-5-3-2-4-14(15)21-17(22)13(11)7-18/h2-6,9-10,19H,8H2,1H3. The van der Waals surface area contributed by atoms with E-state index in [9.17, 15) is 5.26 Å². The average Bonchev–Trinajstić information content (AvgIpc) is 3.20. The first-order valence-electron chi connectivity index (χ1n) is 7.20. The van der Waals surface area contributed by atoms with E-state index in [1.165, 1.54) is 0 Å². The molecule has 0 atom stereocenters. The van der Waals surface area contributed by atoms with Gasteiger partial charge in [-0.1, -0.05) is 12.1 Å². The molecule has 0 bridgehead atoms. The van der Waals surface area contributed by atoms with Crippen molar-refractivity contribution in [3.05, 3.63) is 58.0 Å². The number of para-hydroxylation sites is 2. The lowest BCUT2D eigenvalue weighted by Gasteiger charge is -2.11. The van der Waals surface area contributed by atoms with E-state index in [4.69, 9.17) is 0 Å². The van der Waals surface area contributed by atoms with Crippen LogP contribution in [-0.4, -0.2) is 14.4 Å². The van der Waals surface area contributed by atoms with Crippen LogP contribution in [0.1, 0.15) is 16.8 Å². The van der Waals surface area contributed by atoms with Crippen molar-refractivity contribution in [2.24, 2.45) is 0 Å². The second-order valence-electron chi connectivity index (χ2n) is 5.29. The summed E-state index contributed by atoms with van der Waals surface area (Å²) in [5, 5.41) is 14.9. The van der Waals surface area contributed by atoms with Crippen LogP contribution >= 0.6 is 11.3 Å². The van der Waals surface area contributed by atoms with Crippen LogP contribution in [0.3, 0.4) is 0 Å². The maximum atomic E-state index is 9.48. The number of pyridine rings is 1. The summed E-state index contributed by atoms with van der Waals surface area (Å²) in [6.45, 7) is 2.57. The molecule has 0 saturated carbocycles. The second-order valence-corrected chi connectivity index (χ2v) is 6.01. The average molecular weight is 319 g/mol. The molecular weight excluding hydrogens is 306 g/mol. The Labute approximate surface area is 136 Å². The second kappa shape index (κ2) is 5.38. The molecule has 0 unspecified atom stereocenters. The van der Waals surface area contributed by atoms with Gasteiger partial charge in [0, 0.05) is 5.38 Å². The van der Waals surface area contributed by atoms with Gasteiger partial charge in [0.25, 0.3) is 0 Å². The topological polar surface area (TPSA) is 66.0 Å². The van der Waals surface area contributed by atoms with E-state index in [1.807, 2.05) is 52.5 Å². The number of thiazole rings is 1. The van der Waals surface area contributed by atoms with Crippen LogP contribution in [0.25, 0.3) is 16.7 Å². The highest BCUT2D eigenvalue weighted by Gasteiger charge is 2.14. The van der Waals surface area contributed by atoms with E-state index < -0.39 is 0 Å². The molecule has 4 rings (SSSR count). The maximum Gasteiger partial charge on any atom is 0.157 e. The highest BCUT2D eigenvalue weighted by Crippen LogP contribution is 2.26. The molecule has 112 valence electrons. The molecule has 0 aliphatic rings. The van der Waals surface area contributed by atoms with Gasteiger partial charge < -0.3 is 5.32 Å². The zero-order valence-corrected chi connectivity index (χ0v) is 13.3. The van der Waals surface area contributed by atoms with E-state index in [-0.39, 0.29) is 0 Å². The van der Waals surface area contributed by atoms with Crippen molar-refractivity contribution in [1.29, 1.82) is 5.26 Å². The number of hydrogen-bond acceptors (Lipinski definition) is 5. The van der Waals surface area contributed by atoms with Crippen molar-refractivity contribution in [2.75, 3.05) is 5.32 Å². The zero-order valence-electron chi connectivity index (χ0n) is 12.4. The molecule has 0 saturated heterocycles. The van der Waals surface area contributed by atoms with Crippen LogP contribution in [0.15, 0.2) is 41.2 Å². The number of hydrogen-bond donors (Lipinski definition) is 1. The Morgan fingerprint density at radius 3 is 3.00 bits per heavy atom. The summed E-state index contributed by atoms with van der Waals surface area (Å²) in [5.41, 5.74) is 6.90. The quantitative estimate of drug-likeness (QED) is 0.625. The van der Waals surface area contributed by atoms with Gasteiger partial charge in [-0.2, -0.15) is 5.26 Å². The minimum Gasteiger partial charge on any atom is -0.365 e. The van der Waals surface area contributed by atoms with Crippen molar-refractivity contribution in [2.45, 2.75) is 13.5 Å². The number of imidazole rings is 1. The van der Waals surface area contributed by atoms with Gasteiger partial charge in [0.15, 0.2) is 5.65 Å². The number of nitrogens with one attached hydrogen (secondary N) is 1. The van der Waals surface area contributed by atoms with Gasteiger partial charge in [0.1, 0.15) is 11.9 Å². The SMILES string of the molecule is Cc1cc(NCc2cscn2)n2c(nc3ccccc32)c1C#N. The molecule has 4 aromatic rings. The highest BCUT2D eigenvalue weighted by molar-refractivity contribution is 7.07. The Balaban J connectivity index is 1.94. The van der Waals surface area contributed by atoms with E-state index in [1.54, 1.807) is 11.3 Å². The molecule has 0 spiro atoms. The number of benzene rings is 1. The number of anilines is 1.